The largest absolute Gasteiger partial charge is 0.319 e. The minimum Gasteiger partial charge on any atom is -0.319 e. The second-order valence-electron chi connectivity index (χ2n) is 5.70. The van der Waals surface area contributed by atoms with Gasteiger partial charge in [-0.1, -0.05) is 6.92 Å². The molecule has 2 aliphatic rings. The SMILES string of the molecule is CCN1CCC(N2CCC(CNC)CC2)CC1. The number of hydrogen-bond donors (Lipinski definition) is 1. The summed E-state index contributed by atoms with van der Waals surface area (Å²) >= 11 is 0. The van der Waals surface area contributed by atoms with Crippen molar-refractivity contribution >= 4 is 0 Å². The van der Waals surface area contributed by atoms with E-state index in [-0.39, 0.29) is 0 Å². The third kappa shape index (κ3) is 3.67. The zero-order chi connectivity index (χ0) is 12.1. The summed E-state index contributed by atoms with van der Waals surface area (Å²) in [5.41, 5.74) is 0. The second kappa shape index (κ2) is 6.72. The quantitative estimate of drug-likeness (QED) is 0.800. The van der Waals surface area contributed by atoms with Gasteiger partial charge in [-0.15, -0.1) is 0 Å². The molecule has 1 N–H and O–H groups in total. The Morgan fingerprint density at radius 1 is 1.00 bits per heavy atom. The van der Waals surface area contributed by atoms with Crippen molar-refractivity contribution in [1.82, 2.24) is 15.1 Å². The molecule has 100 valence electrons. The summed E-state index contributed by atoms with van der Waals surface area (Å²) in [6.07, 6.45) is 5.58. The Hall–Kier alpha value is -0.120. The summed E-state index contributed by atoms with van der Waals surface area (Å²) in [6.45, 7) is 10.0. The van der Waals surface area contributed by atoms with Crippen LogP contribution < -0.4 is 5.32 Å². The predicted molar refractivity (Wildman–Crippen MR) is 73.4 cm³/mol. The lowest BCUT2D eigenvalue weighted by atomic mass is 9.93. The van der Waals surface area contributed by atoms with E-state index >= 15 is 0 Å². The number of nitrogens with one attached hydrogen (secondary N) is 1. The number of hydrogen-bond acceptors (Lipinski definition) is 3. The minimum atomic E-state index is 0.883. The van der Waals surface area contributed by atoms with Gasteiger partial charge in [0.25, 0.3) is 0 Å². The third-order valence-electron chi connectivity index (χ3n) is 4.66. The molecule has 2 fully saturated rings. The van der Waals surface area contributed by atoms with Crippen molar-refractivity contribution in [2.24, 2.45) is 5.92 Å². The molecule has 0 radical (unpaired) electrons. The average Bonchev–Trinajstić information content (AvgIpc) is 2.40. The Morgan fingerprint density at radius 2 is 1.65 bits per heavy atom. The van der Waals surface area contributed by atoms with Crippen LogP contribution in [0.5, 0.6) is 0 Å². The van der Waals surface area contributed by atoms with Gasteiger partial charge in [0.2, 0.25) is 0 Å². The first-order chi connectivity index (χ1) is 8.33. The number of nitrogens with zero attached hydrogens (tertiary/aromatic N) is 2. The van der Waals surface area contributed by atoms with Crippen molar-refractivity contribution in [3.05, 3.63) is 0 Å². The summed E-state index contributed by atoms with van der Waals surface area (Å²) < 4.78 is 0. The fourth-order valence-corrected chi connectivity index (χ4v) is 3.41. The zero-order valence-corrected chi connectivity index (χ0v) is 11.6. The first-order valence-electron chi connectivity index (χ1n) is 7.44. The Morgan fingerprint density at radius 3 is 2.18 bits per heavy atom. The lowest BCUT2D eigenvalue weighted by molar-refractivity contribution is 0.0796. The van der Waals surface area contributed by atoms with Crippen LogP contribution in [-0.4, -0.2) is 62.2 Å². The molecule has 0 unspecified atom stereocenters. The van der Waals surface area contributed by atoms with Crippen molar-refractivity contribution in [3.63, 3.8) is 0 Å². The van der Waals surface area contributed by atoms with Gasteiger partial charge in [0.1, 0.15) is 0 Å². The number of piperidine rings is 2. The van der Waals surface area contributed by atoms with E-state index in [0.717, 1.165) is 12.0 Å². The number of rotatable bonds is 4. The lowest BCUT2D eigenvalue weighted by Gasteiger charge is -2.41. The van der Waals surface area contributed by atoms with Gasteiger partial charge in [-0.2, -0.15) is 0 Å². The molecule has 0 aromatic heterocycles. The molecule has 0 saturated carbocycles. The molecule has 0 bridgehead atoms. The van der Waals surface area contributed by atoms with Crippen LogP contribution in [0.15, 0.2) is 0 Å². The molecule has 0 spiro atoms. The van der Waals surface area contributed by atoms with Gasteiger partial charge in [0.15, 0.2) is 0 Å². The maximum absolute atomic E-state index is 3.32. The van der Waals surface area contributed by atoms with Gasteiger partial charge in [-0.3, -0.25) is 0 Å². The Balaban J connectivity index is 1.70. The highest BCUT2D eigenvalue weighted by Crippen LogP contribution is 2.23. The van der Waals surface area contributed by atoms with E-state index in [2.05, 4.69) is 29.1 Å². The fraction of sp³-hybridized carbons (Fsp3) is 1.00. The van der Waals surface area contributed by atoms with Gasteiger partial charge in [0, 0.05) is 6.04 Å². The van der Waals surface area contributed by atoms with Crippen LogP contribution in [0.2, 0.25) is 0 Å². The highest BCUT2D eigenvalue weighted by atomic mass is 15.2. The van der Waals surface area contributed by atoms with Crippen molar-refractivity contribution in [1.29, 1.82) is 0 Å². The smallest absolute Gasteiger partial charge is 0.0120 e. The Labute approximate surface area is 107 Å². The van der Waals surface area contributed by atoms with Crippen LogP contribution >= 0.6 is 0 Å². The van der Waals surface area contributed by atoms with Gasteiger partial charge in [-0.05, 0) is 77.9 Å². The minimum absolute atomic E-state index is 0.883. The van der Waals surface area contributed by atoms with E-state index in [9.17, 15) is 0 Å². The molecule has 2 heterocycles. The van der Waals surface area contributed by atoms with Crippen molar-refractivity contribution in [2.45, 2.75) is 38.6 Å². The summed E-state index contributed by atoms with van der Waals surface area (Å²) in [6, 6.07) is 0.883. The summed E-state index contributed by atoms with van der Waals surface area (Å²) in [7, 11) is 2.08. The molecule has 2 saturated heterocycles. The van der Waals surface area contributed by atoms with E-state index < -0.39 is 0 Å². The first kappa shape index (κ1) is 13.3. The molecular weight excluding hydrogens is 210 g/mol. The topological polar surface area (TPSA) is 18.5 Å². The van der Waals surface area contributed by atoms with Gasteiger partial charge >= 0.3 is 0 Å². The molecule has 0 amide bonds. The van der Waals surface area contributed by atoms with Gasteiger partial charge < -0.3 is 15.1 Å². The van der Waals surface area contributed by atoms with Crippen molar-refractivity contribution in [3.8, 4) is 0 Å². The van der Waals surface area contributed by atoms with Crippen LogP contribution in [0.3, 0.4) is 0 Å². The van der Waals surface area contributed by atoms with Crippen molar-refractivity contribution < 1.29 is 0 Å². The highest BCUT2D eigenvalue weighted by Gasteiger charge is 2.27. The van der Waals surface area contributed by atoms with Crippen LogP contribution in [-0.2, 0) is 0 Å². The second-order valence-corrected chi connectivity index (χ2v) is 5.70. The number of likely N-dealkylation sites (tertiary alicyclic amines) is 2. The Bertz CT molecular complexity index is 204. The molecular formula is C14H29N3. The normalized spacial score (nSPS) is 26.5. The van der Waals surface area contributed by atoms with Gasteiger partial charge in [0.05, 0.1) is 0 Å². The first-order valence-corrected chi connectivity index (χ1v) is 7.44. The van der Waals surface area contributed by atoms with E-state index in [0.29, 0.717) is 0 Å². The average molecular weight is 239 g/mol. The molecule has 0 aromatic rings. The monoisotopic (exact) mass is 239 g/mol. The predicted octanol–water partition coefficient (Wildman–Crippen LogP) is 1.40. The molecule has 3 heteroatoms. The third-order valence-corrected chi connectivity index (χ3v) is 4.66. The maximum atomic E-state index is 3.32. The Kier molecular flexibility index (Phi) is 5.26. The van der Waals surface area contributed by atoms with Crippen LogP contribution in [0.1, 0.15) is 32.6 Å². The summed E-state index contributed by atoms with van der Waals surface area (Å²) in [5, 5.41) is 3.32. The zero-order valence-electron chi connectivity index (χ0n) is 11.6. The van der Waals surface area contributed by atoms with Crippen molar-refractivity contribution in [2.75, 3.05) is 46.3 Å². The highest BCUT2D eigenvalue weighted by molar-refractivity contribution is 4.83. The van der Waals surface area contributed by atoms with Gasteiger partial charge in [-0.25, -0.2) is 0 Å². The summed E-state index contributed by atoms with van der Waals surface area (Å²) in [4.78, 5) is 5.35. The standard InChI is InChI=1S/C14H29N3/c1-3-16-8-6-14(7-9-16)17-10-4-13(5-11-17)12-15-2/h13-15H,3-12H2,1-2H3. The van der Waals surface area contributed by atoms with E-state index in [1.165, 1.54) is 65.0 Å². The van der Waals surface area contributed by atoms with E-state index in [4.69, 9.17) is 0 Å². The van der Waals surface area contributed by atoms with E-state index in [1.807, 2.05) is 0 Å². The summed E-state index contributed by atoms with van der Waals surface area (Å²) in [5.74, 6) is 0.923. The van der Waals surface area contributed by atoms with E-state index in [1.54, 1.807) is 0 Å². The molecule has 3 nitrogen and oxygen atoms in total. The van der Waals surface area contributed by atoms with Crippen LogP contribution in [0, 0.1) is 5.92 Å². The molecule has 2 rings (SSSR count). The van der Waals surface area contributed by atoms with Crippen LogP contribution in [0.4, 0.5) is 0 Å². The molecule has 0 aliphatic carbocycles. The molecule has 0 aromatic carbocycles. The molecule has 2 aliphatic heterocycles. The molecule has 0 atom stereocenters. The lowest BCUT2D eigenvalue weighted by Crippen LogP contribution is -2.48. The molecule has 17 heavy (non-hydrogen) atoms. The fourth-order valence-electron chi connectivity index (χ4n) is 3.41. The maximum Gasteiger partial charge on any atom is 0.0120 e. The van der Waals surface area contributed by atoms with Crippen LogP contribution in [0.25, 0.3) is 0 Å².